The van der Waals surface area contributed by atoms with E-state index in [0.29, 0.717) is 11.5 Å². The molecule has 2 heterocycles. The molecule has 0 aromatic rings. The number of nitrogens with zero attached hydrogens (tertiary/aromatic N) is 1. The zero-order chi connectivity index (χ0) is 14.4. The number of aliphatic hydroxyl groups is 1. The summed E-state index contributed by atoms with van der Waals surface area (Å²) < 4.78 is 0. The van der Waals surface area contributed by atoms with Gasteiger partial charge in [-0.2, -0.15) is 0 Å². The van der Waals surface area contributed by atoms with Crippen LogP contribution in [-0.4, -0.2) is 47.3 Å². The molecule has 2 bridgehead atoms. The molecule has 3 heteroatoms. The van der Waals surface area contributed by atoms with Crippen molar-refractivity contribution in [3.63, 3.8) is 0 Å². The van der Waals surface area contributed by atoms with E-state index in [9.17, 15) is 5.11 Å². The van der Waals surface area contributed by atoms with E-state index >= 15 is 0 Å². The zero-order valence-electron chi connectivity index (χ0n) is 13.5. The minimum absolute atomic E-state index is 0.429. The molecule has 0 amide bonds. The van der Waals surface area contributed by atoms with Crippen LogP contribution in [0.2, 0.25) is 0 Å². The van der Waals surface area contributed by atoms with Gasteiger partial charge in [0.05, 0.1) is 5.60 Å². The number of piperidine rings is 1. The first-order valence-electron chi connectivity index (χ1n) is 8.55. The Morgan fingerprint density at radius 3 is 2.15 bits per heavy atom. The van der Waals surface area contributed by atoms with Gasteiger partial charge in [-0.3, -0.25) is 0 Å². The highest BCUT2D eigenvalue weighted by atomic mass is 16.3. The topological polar surface area (TPSA) is 35.5 Å². The fourth-order valence-corrected chi connectivity index (χ4v) is 4.48. The van der Waals surface area contributed by atoms with E-state index in [1.807, 2.05) is 0 Å². The van der Waals surface area contributed by atoms with Gasteiger partial charge in [-0.05, 0) is 63.8 Å². The van der Waals surface area contributed by atoms with Gasteiger partial charge in [-0.25, -0.2) is 0 Å². The second-order valence-corrected chi connectivity index (χ2v) is 8.49. The van der Waals surface area contributed by atoms with Gasteiger partial charge in [-0.15, -0.1) is 0 Å². The normalized spacial score (nSPS) is 39.9. The van der Waals surface area contributed by atoms with E-state index in [0.717, 1.165) is 44.3 Å². The first kappa shape index (κ1) is 14.8. The third-order valence-corrected chi connectivity index (χ3v) is 6.35. The van der Waals surface area contributed by atoms with E-state index in [1.165, 1.54) is 25.7 Å². The van der Waals surface area contributed by atoms with E-state index in [2.05, 4.69) is 31.1 Å². The van der Waals surface area contributed by atoms with Crippen molar-refractivity contribution in [2.45, 2.75) is 88.9 Å². The van der Waals surface area contributed by atoms with E-state index in [1.54, 1.807) is 0 Å². The lowest BCUT2D eigenvalue weighted by Crippen LogP contribution is -2.52. The fourth-order valence-electron chi connectivity index (χ4n) is 4.48. The van der Waals surface area contributed by atoms with Crippen LogP contribution >= 0.6 is 0 Å². The molecule has 3 rings (SSSR count). The molecule has 0 radical (unpaired) electrons. The average molecular weight is 280 g/mol. The Kier molecular flexibility index (Phi) is 3.89. The van der Waals surface area contributed by atoms with Crippen molar-refractivity contribution >= 4 is 0 Å². The summed E-state index contributed by atoms with van der Waals surface area (Å²) in [6.45, 7) is 5.46. The fraction of sp³-hybridized carbons (Fsp3) is 1.00. The predicted octanol–water partition coefficient (Wildman–Crippen LogP) is 2.53. The molecule has 20 heavy (non-hydrogen) atoms. The molecule has 2 unspecified atom stereocenters. The predicted molar refractivity (Wildman–Crippen MR) is 82.8 cm³/mol. The Balaban J connectivity index is 1.48. The standard InChI is InChI=1S/C17H32N2O/c1-16(2)6-8-17(20,9-7-16)12-18-13-10-14-4-5-15(11-13)19(14)3/h13-15,18,20H,4-12H2,1-3H3. The van der Waals surface area contributed by atoms with E-state index in [4.69, 9.17) is 0 Å². The van der Waals surface area contributed by atoms with Gasteiger partial charge < -0.3 is 15.3 Å². The number of rotatable bonds is 3. The Labute approximate surface area is 124 Å². The van der Waals surface area contributed by atoms with Gasteiger partial charge in [0.15, 0.2) is 0 Å². The molecule has 2 aliphatic heterocycles. The molecule has 3 aliphatic rings. The van der Waals surface area contributed by atoms with Crippen LogP contribution in [0.4, 0.5) is 0 Å². The summed E-state index contributed by atoms with van der Waals surface area (Å²) in [6, 6.07) is 2.19. The van der Waals surface area contributed by atoms with Crippen LogP contribution < -0.4 is 5.32 Å². The van der Waals surface area contributed by atoms with Crippen molar-refractivity contribution in [2.75, 3.05) is 13.6 Å². The van der Waals surface area contributed by atoms with Crippen LogP contribution in [0.5, 0.6) is 0 Å². The van der Waals surface area contributed by atoms with Gasteiger partial charge in [0, 0.05) is 24.7 Å². The highest BCUT2D eigenvalue weighted by Gasteiger charge is 2.40. The number of hydrogen-bond acceptors (Lipinski definition) is 3. The highest BCUT2D eigenvalue weighted by molar-refractivity contribution is 4.98. The summed E-state index contributed by atoms with van der Waals surface area (Å²) in [5.74, 6) is 0. The summed E-state index contributed by atoms with van der Waals surface area (Å²) in [5, 5.41) is 14.5. The third-order valence-electron chi connectivity index (χ3n) is 6.35. The Morgan fingerprint density at radius 2 is 1.60 bits per heavy atom. The van der Waals surface area contributed by atoms with Crippen molar-refractivity contribution in [3.8, 4) is 0 Å². The van der Waals surface area contributed by atoms with Gasteiger partial charge in [0.1, 0.15) is 0 Å². The van der Waals surface area contributed by atoms with Crippen LogP contribution in [0.15, 0.2) is 0 Å². The van der Waals surface area contributed by atoms with Crippen molar-refractivity contribution in [1.29, 1.82) is 0 Å². The van der Waals surface area contributed by atoms with Gasteiger partial charge >= 0.3 is 0 Å². The number of fused-ring (bicyclic) bond motifs is 2. The Bertz CT molecular complexity index is 331. The molecular formula is C17H32N2O. The van der Waals surface area contributed by atoms with Crippen LogP contribution in [-0.2, 0) is 0 Å². The number of nitrogens with one attached hydrogen (secondary N) is 1. The molecule has 3 nitrogen and oxygen atoms in total. The van der Waals surface area contributed by atoms with Gasteiger partial charge in [0.25, 0.3) is 0 Å². The summed E-state index contributed by atoms with van der Waals surface area (Å²) in [6.07, 6.45) is 9.53. The molecule has 2 saturated heterocycles. The van der Waals surface area contributed by atoms with Crippen molar-refractivity contribution in [3.05, 3.63) is 0 Å². The maximum absolute atomic E-state index is 10.8. The Morgan fingerprint density at radius 1 is 1.05 bits per heavy atom. The minimum atomic E-state index is -0.447. The first-order chi connectivity index (χ1) is 9.37. The SMILES string of the molecule is CN1C2CCC1CC(NCC1(O)CCC(C)(C)CC1)C2. The monoisotopic (exact) mass is 280 g/mol. The van der Waals surface area contributed by atoms with Crippen LogP contribution in [0.1, 0.15) is 65.2 Å². The highest BCUT2D eigenvalue weighted by Crippen LogP contribution is 2.40. The van der Waals surface area contributed by atoms with Crippen LogP contribution in [0, 0.1) is 5.41 Å². The molecule has 0 spiro atoms. The van der Waals surface area contributed by atoms with Crippen molar-refractivity contribution < 1.29 is 5.11 Å². The lowest BCUT2D eigenvalue weighted by molar-refractivity contribution is -0.0281. The minimum Gasteiger partial charge on any atom is -0.389 e. The summed E-state index contributed by atoms with van der Waals surface area (Å²) >= 11 is 0. The molecule has 2 N–H and O–H groups in total. The average Bonchev–Trinajstić information content (AvgIpc) is 2.64. The summed E-state index contributed by atoms with van der Waals surface area (Å²) in [4.78, 5) is 2.58. The summed E-state index contributed by atoms with van der Waals surface area (Å²) in [5.41, 5.74) is -0.0171. The summed E-state index contributed by atoms with van der Waals surface area (Å²) in [7, 11) is 2.29. The maximum Gasteiger partial charge on any atom is 0.0772 e. The smallest absolute Gasteiger partial charge is 0.0772 e. The van der Waals surface area contributed by atoms with Gasteiger partial charge in [0.2, 0.25) is 0 Å². The zero-order valence-corrected chi connectivity index (χ0v) is 13.5. The second kappa shape index (κ2) is 5.26. The molecule has 116 valence electrons. The van der Waals surface area contributed by atoms with Crippen LogP contribution in [0.25, 0.3) is 0 Å². The molecule has 1 saturated carbocycles. The quantitative estimate of drug-likeness (QED) is 0.834. The van der Waals surface area contributed by atoms with Crippen molar-refractivity contribution in [1.82, 2.24) is 10.2 Å². The Hall–Kier alpha value is -0.120. The number of hydrogen-bond donors (Lipinski definition) is 2. The molecule has 1 aliphatic carbocycles. The first-order valence-corrected chi connectivity index (χ1v) is 8.55. The second-order valence-electron chi connectivity index (χ2n) is 8.49. The molecule has 2 atom stereocenters. The largest absolute Gasteiger partial charge is 0.389 e. The molecule has 0 aromatic carbocycles. The lowest BCUT2D eigenvalue weighted by Gasteiger charge is -2.42. The van der Waals surface area contributed by atoms with Gasteiger partial charge in [-0.1, -0.05) is 13.8 Å². The lowest BCUT2D eigenvalue weighted by atomic mass is 9.71. The van der Waals surface area contributed by atoms with E-state index in [-0.39, 0.29) is 0 Å². The molecule has 0 aromatic heterocycles. The van der Waals surface area contributed by atoms with E-state index < -0.39 is 5.60 Å². The third kappa shape index (κ3) is 3.05. The molecular weight excluding hydrogens is 248 g/mol. The van der Waals surface area contributed by atoms with Crippen LogP contribution in [0.3, 0.4) is 0 Å². The molecule has 3 fully saturated rings. The maximum atomic E-state index is 10.8. The van der Waals surface area contributed by atoms with Crippen molar-refractivity contribution in [2.24, 2.45) is 5.41 Å².